The first-order valence-corrected chi connectivity index (χ1v) is 8.89. The number of piperazine rings is 1. The Labute approximate surface area is 149 Å². The monoisotopic (exact) mass is 339 g/mol. The van der Waals surface area contributed by atoms with Crippen LogP contribution in [0.25, 0.3) is 0 Å². The van der Waals surface area contributed by atoms with Gasteiger partial charge in [-0.25, -0.2) is 9.97 Å². The van der Waals surface area contributed by atoms with Gasteiger partial charge in [0.05, 0.1) is 11.9 Å². The molecule has 0 atom stereocenters. The summed E-state index contributed by atoms with van der Waals surface area (Å²) in [6, 6.07) is 9.72. The molecule has 3 rings (SSSR count). The molecule has 1 fully saturated rings. The summed E-state index contributed by atoms with van der Waals surface area (Å²) in [5.74, 6) is 0.975. The van der Waals surface area contributed by atoms with Gasteiger partial charge >= 0.3 is 0 Å². The van der Waals surface area contributed by atoms with E-state index in [2.05, 4.69) is 33.6 Å². The van der Waals surface area contributed by atoms with Gasteiger partial charge in [-0.1, -0.05) is 6.07 Å². The fraction of sp³-hybridized carbons (Fsp3) is 0.421. The lowest BCUT2D eigenvalue weighted by Gasteiger charge is -2.35. The third kappa shape index (κ3) is 3.90. The predicted octanol–water partition coefficient (Wildman–Crippen LogP) is 2.29. The second-order valence-electron chi connectivity index (χ2n) is 6.04. The van der Waals surface area contributed by atoms with Crippen LogP contribution in [-0.4, -0.2) is 60.0 Å². The van der Waals surface area contributed by atoms with Crippen LogP contribution in [0.2, 0.25) is 0 Å². The predicted molar refractivity (Wildman–Crippen MR) is 100 cm³/mol. The average molecular weight is 339 g/mol. The van der Waals surface area contributed by atoms with Crippen molar-refractivity contribution >= 4 is 17.4 Å². The van der Waals surface area contributed by atoms with E-state index in [1.165, 1.54) is 0 Å². The Bertz CT molecular complexity index is 677. The van der Waals surface area contributed by atoms with Crippen molar-refractivity contribution in [3.8, 4) is 0 Å². The zero-order valence-corrected chi connectivity index (χ0v) is 14.9. The second-order valence-corrected chi connectivity index (χ2v) is 6.04. The normalized spacial score (nSPS) is 14.5. The fourth-order valence-electron chi connectivity index (χ4n) is 3.13. The molecule has 0 radical (unpaired) electrons. The molecule has 0 aromatic carbocycles. The number of carbonyl (C=O) groups is 1. The highest BCUT2D eigenvalue weighted by atomic mass is 16.2. The molecule has 3 heterocycles. The summed E-state index contributed by atoms with van der Waals surface area (Å²) in [5, 5.41) is 0. The van der Waals surface area contributed by atoms with Gasteiger partial charge in [0.2, 0.25) is 0 Å². The summed E-state index contributed by atoms with van der Waals surface area (Å²) in [5.41, 5.74) is 1.57. The van der Waals surface area contributed by atoms with E-state index in [1.807, 2.05) is 35.2 Å². The Hall–Kier alpha value is -2.63. The molecule has 1 aliphatic heterocycles. The molecule has 0 unspecified atom stereocenters. The number of hydrogen-bond acceptors (Lipinski definition) is 5. The van der Waals surface area contributed by atoms with Crippen LogP contribution < -0.4 is 9.80 Å². The van der Waals surface area contributed by atoms with Crippen LogP contribution in [0.5, 0.6) is 0 Å². The van der Waals surface area contributed by atoms with Gasteiger partial charge in [0.15, 0.2) is 0 Å². The average Bonchev–Trinajstić information content (AvgIpc) is 2.70. The van der Waals surface area contributed by atoms with Crippen molar-refractivity contribution in [1.82, 2.24) is 14.9 Å². The van der Waals surface area contributed by atoms with Crippen molar-refractivity contribution < 1.29 is 4.79 Å². The lowest BCUT2D eigenvalue weighted by atomic mass is 10.2. The third-order valence-corrected chi connectivity index (χ3v) is 4.64. The number of pyridine rings is 2. The Morgan fingerprint density at radius 3 is 2.36 bits per heavy atom. The molecule has 1 aliphatic rings. The van der Waals surface area contributed by atoms with Crippen LogP contribution in [0.4, 0.5) is 11.5 Å². The van der Waals surface area contributed by atoms with Crippen molar-refractivity contribution in [3.63, 3.8) is 0 Å². The van der Waals surface area contributed by atoms with E-state index in [9.17, 15) is 4.79 Å². The van der Waals surface area contributed by atoms with Crippen LogP contribution in [-0.2, 0) is 0 Å². The molecule has 2 aromatic rings. The number of rotatable bonds is 5. The zero-order valence-electron chi connectivity index (χ0n) is 14.9. The summed E-state index contributed by atoms with van der Waals surface area (Å²) >= 11 is 0. The topological polar surface area (TPSA) is 52.6 Å². The molecule has 2 aromatic heterocycles. The van der Waals surface area contributed by atoms with E-state index >= 15 is 0 Å². The lowest BCUT2D eigenvalue weighted by molar-refractivity contribution is 0.0740. The van der Waals surface area contributed by atoms with Gasteiger partial charge in [0.1, 0.15) is 11.5 Å². The number of hydrogen-bond donors (Lipinski definition) is 0. The van der Waals surface area contributed by atoms with Crippen molar-refractivity contribution in [1.29, 1.82) is 0 Å². The Morgan fingerprint density at radius 2 is 1.80 bits per heavy atom. The van der Waals surface area contributed by atoms with Crippen LogP contribution >= 0.6 is 0 Å². The zero-order chi connectivity index (χ0) is 17.6. The molecule has 132 valence electrons. The molecule has 0 spiro atoms. The van der Waals surface area contributed by atoms with Gasteiger partial charge < -0.3 is 14.7 Å². The molecule has 0 aliphatic carbocycles. The molecule has 6 nitrogen and oxygen atoms in total. The van der Waals surface area contributed by atoms with Gasteiger partial charge in [-0.05, 0) is 38.1 Å². The molecular formula is C19H25N5O. The summed E-state index contributed by atoms with van der Waals surface area (Å²) in [7, 11) is 0. The summed E-state index contributed by atoms with van der Waals surface area (Å²) in [6.45, 7) is 9.06. The minimum Gasteiger partial charge on any atom is -0.371 e. The Balaban J connectivity index is 1.61. The van der Waals surface area contributed by atoms with Crippen LogP contribution in [0.1, 0.15) is 24.3 Å². The highest BCUT2D eigenvalue weighted by Gasteiger charge is 2.23. The summed E-state index contributed by atoms with van der Waals surface area (Å²) < 4.78 is 0. The van der Waals surface area contributed by atoms with Crippen molar-refractivity contribution in [3.05, 3.63) is 48.4 Å². The molecule has 6 heteroatoms. The first-order valence-electron chi connectivity index (χ1n) is 8.89. The largest absolute Gasteiger partial charge is 0.371 e. The van der Waals surface area contributed by atoms with Gasteiger partial charge in [-0.3, -0.25) is 4.79 Å². The van der Waals surface area contributed by atoms with E-state index in [0.29, 0.717) is 18.8 Å². The number of aromatic nitrogens is 2. The smallest absolute Gasteiger partial charge is 0.272 e. The highest BCUT2D eigenvalue weighted by molar-refractivity contribution is 5.92. The van der Waals surface area contributed by atoms with E-state index < -0.39 is 0 Å². The van der Waals surface area contributed by atoms with E-state index in [-0.39, 0.29) is 5.91 Å². The third-order valence-electron chi connectivity index (χ3n) is 4.64. The van der Waals surface area contributed by atoms with Crippen LogP contribution in [0.15, 0.2) is 42.7 Å². The van der Waals surface area contributed by atoms with Crippen LogP contribution in [0, 0.1) is 0 Å². The fourth-order valence-corrected chi connectivity index (χ4v) is 3.13. The maximum Gasteiger partial charge on any atom is 0.272 e. The van der Waals surface area contributed by atoms with Gasteiger partial charge in [0.25, 0.3) is 5.91 Å². The minimum absolute atomic E-state index is 0.00627. The molecule has 0 bridgehead atoms. The Kier molecular flexibility index (Phi) is 5.48. The quantitative estimate of drug-likeness (QED) is 0.836. The van der Waals surface area contributed by atoms with Crippen molar-refractivity contribution in [2.24, 2.45) is 0 Å². The molecule has 1 saturated heterocycles. The molecule has 0 saturated carbocycles. The van der Waals surface area contributed by atoms with E-state index in [0.717, 1.165) is 37.7 Å². The van der Waals surface area contributed by atoms with E-state index in [1.54, 1.807) is 12.4 Å². The van der Waals surface area contributed by atoms with Gasteiger partial charge in [-0.15, -0.1) is 0 Å². The first-order chi connectivity index (χ1) is 12.2. The lowest BCUT2D eigenvalue weighted by Crippen LogP contribution is -2.49. The number of nitrogens with zero attached hydrogens (tertiary/aromatic N) is 5. The van der Waals surface area contributed by atoms with Crippen molar-refractivity contribution in [2.45, 2.75) is 13.8 Å². The molecule has 25 heavy (non-hydrogen) atoms. The highest BCUT2D eigenvalue weighted by Crippen LogP contribution is 2.16. The summed E-state index contributed by atoms with van der Waals surface area (Å²) in [6.07, 6.45) is 3.60. The first kappa shape index (κ1) is 17.2. The van der Waals surface area contributed by atoms with Gasteiger partial charge in [-0.2, -0.15) is 0 Å². The van der Waals surface area contributed by atoms with E-state index in [4.69, 9.17) is 0 Å². The maximum absolute atomic E-state index is 12.7. The SMILES string of the molecule is CCN(CC)c1ccc(C(=O)N2CCN(c3ccccn3)CC2)nc1. The van der Waals surface area contributed by atoms with Crippen molar-refractivity contribution in [2.75, 3.05) is 49.1 Å². The standard InChI is InChI=1S/C19H25N5O/c1-3-22(4-2)16-8-9-17(21-15-16)19(25)24-13-11-23(12-14-24)18-7-5-6-10-20-18/h5-10,15H,3-4,11-14H2,1-2H3. The molecular weight excluding hydrogens is 314 g/mol. The molecule has 1 amide bonds. The maximum atomic E-state index is 12.7. The number of anilines is 2. The van der Waals surface area contributed by atoms with Crippen LogP contribution in [0.3, 0.4) is 0 Å². The summed E-state index contributed by atoms with van der Waals surface area (Å²) in [4.78, 5) is 27.7. The number of amides is 1. The second kappa shape index (κ2) is 7.96. The minimum atomic E-state index is 0.00627. The van der Waals surface area contributed by atoms with Gasteiger partial charge in [0, 0.05) is 45.5 Å². The molecule has 0 N–H and O–H groups in total. The Morgan fingerprint density at radius 1 is 1.04 bits per heavy atom. The number of carbonyl (C=O) groups excluding carboxylic acids is 1.